The molecule has 5 heteroatoms. The molecule has 1 atom stereocenters. The van der Waals surface area contributed by atoms with Gasteiger partial charge in [0.25, 0.3) is 0 Å². The van der Waals surface area contributed by atoms with Crippen molar-refractivity contribution in [2.24, 2.45) is 0 Å². The molecule has 2 heterocycles. The predicted octanol–water partition coefficient (Wildman–Crippen LogP) is 5.60. The van der Waals surface area contributed by atoms with Crippen LogP contribution in [0.3, 0.4) is 0 Å². The molecule has 3 nitrogen and oxygen atoms in total. The highest BCUT2D eigenvalue weighted by Gasteiger charge is 2.19. The molecule has 26 heavy (non-hydrogen) atoms. The fraction of sp³-hybridized carbons (Fsp3) is 0.381. The van der Waals surface area contributed by atoms with Crippen LogP contribution in [-0.2, 0) is 13.0 Å². The molecule has 0 saturated heterocycles. The first-order valence-electron chi connectivity index (χ1n) is 9.27. The maximum absolute atomic E-state index is 6.28. The summed E-state index contributed by atoms with van der Waals surface area (Å²) >= 11 is 3.47. The summed E-state index contributed by atoms with van der Waals surface area (Å²) in [5.41, 5.74) is 2.59. The molecular formula is C21H24N2OS2. The average Bonchev–Trinajstić information content (AvgIpc) is 3.42. The maximum Gasteiger partial charge on any atom is 0.124 e. The Labute approximate surface area is 163 Å². The molecule has 1 aromatic carbocycles. The third kappa shape index (κ3) is 4.53. The van der Waals surface area contributed by atoms with Crippen LogP contribution in [0.4, 0.5) is 0 Å². The molecule has 3 aromatic rings. The molecule has 2 aromatic heterocycles. The second-order valence-electron chi connectivity index (χ2n) is 6.77. The van der Waals surface area contributed by atoms with E-state index in [9.17, 15) is 0 Å². The molecule has 1 N–H and O–H groups in total. The summed E-state index contributed by atoms with van der Waals surface area (Å²) in [5.74, 6) is 1.03. The summed E-state index contributed by atoms with van der Waals surface area (Å²) in [7, 11) is 0. The minimum Gasteiger partial charge on any atom is -0.490 e. The van der Waals surface area contributed by atoms with E-state index >= 15 is 0 Å². The van der Waals surface area contributed by atoms with Gasteiger partial charge in [-0.15, -0.1) is 11.3 Å². The van der Waals surface area contributed by atoms with Crippen LogP contribution in [0.5, 0.6) is 5.75 Å². The Balaban J connectivity index is 1.45. The van der Waals surface area contributed by atoms with Gasteiger partial charge in [0.2, 0.25) is 0 Å². The standard InChI is InChI=1S/C21H24N2OS2/c1-4-8-20(24-18-6-2-3-7-18)17(5-1)14-23-19(21-22-10-12-26-21)13-16-9-11-25-15-16/h1,4-5,8-12,15,18-19,23H,2-3,6-7,13-14H2/t19-/m0/s1. The first-order valence-corrected chi connectivity index (χ1v) is 11.1. The number of nitrogens with one attached hydrogen (secondary N) is 1. The average molecular weight is 385 g/mol. The first kappa shape index (κ1) is 17.7. The van der Waals surface area contributed by atoms with Gasteiger partial charge in [-0.05, 0) is 60.6 Å². The number of hydrogen-bond acceptors (Lipinski definition) is 5. The minimum atomic E-state index is 0.226. The van der Waals surface area contributed by atoms with Gasteiger partial charge in [0, 0.05) is 23.7 Å². The Morgan fingerprint density at radius 1 is 1.15 bits per heavy atom. The zero-order valence-electron chi connectivity index (χ0n) is 14.8. The van der Waals surface area contributed by atoms with Crippen molar-refractivity contribution >= 4 is 22.7 Å². The normalized spacial score (nSPS) is 16.0. The number of aromatic nitrogens is 1. The van der Waals surface area contributed by atoms with Crippen molar-refractivity contribution in [1.29, 1.82) is 0 Å². The maximum atomic E-state index is 6.28. The molecule has 1 aliphatic carbocycles. The minimum absolute atomic E-state index is 0.226. The lowest BCUT2D eigenvalue weighted by molar-refractivity contribution is 0.207. The number of hydrogen-bond donors (Lipinski definition) is 1. The quantitative estimate of drug-likeness (QED) is 0.549. The van der Waals surface area contributed by atoms with Crippen LogP contribution in [0.25, 0.3) is 0 Å². The Kier molecular flexibility index (Phi) is 5.99. The number of ether oxygens (including phenoxy) is 1. The largest absolute Gasteiger partial charge is 0.490 e. The van der Waals surface area contributed by atoms with Crippen molar-refractivity contribution in [3.63, 3.8) is 0 Å². The van der Waals surface area contributed by atoms with Gasteiger partial charge in [-0.2, -0.15) is 11.3 Å². The van der Waals surface area contributed by atoms with E-state index in [0.717, 1.165) is 23.7 Å². The van der Waals surface area contributed by atoms with Crippen LogP contribution >= 0.6 is 22.7 Å². The van der Waals surface area contributed by atoms with Crippen LogP contribution in [0.1, 0.15) is 47.9 Å². The van der Waals surface area contributed by atoms with E-state index < -0.39 is 0 Å². The number of para-hydroxylation sites is 1. The molecule has 0 bridgehead atoms. The second kappa shape index (κ2) is 8.80. The zero-order chi connectivity index (χ0) is 17.6. The summed E-state index contributed by atoms with van der Waals surface area (Å²) in [6, 6.07) is 10.9. The van der Waals surface area contributed by atoms with Gasteiger partial charge in [-0.1, -0.05) is 18.2 Å². The van der Waals surface area contributed by atoms with Crippen molar-refractivity contribution in [3.05, 3.63) is 68.8 Å². The summed E-state index contributed by atoms with van der Waals surface area (Å²) in [5, 5.41) is 11.3. The van der Waals surface area contributed by atoms with Gasteiger partial charge in [-0.25, -0.2) is 4.98 Å². The molecule has 1 fully saturated rings. The molecule has 1 saturated carbocycles. The number of thiazole rings is 1. The zero-order valence-corrected chi connectivity index (χ0v) is 16.4. The smallest absolute Gasteiger partial charge is 0.124 e. The molecule has 1 aliphatic rings. The van der Waals surface area contributed by atoms with Gasteiger partial charge in [0.15, 0.2) is 0 Å². The number of nitrogens with zero attached hydrogens (tertiary/aromatic N) is 1. The van der Waals surface area contributed by atoms with E-state index in [2.05, 4.69) is 56.8 Å². The van der Waals surface area contributed by atoms with E-state index in [1.165, 1.54) is 36.8 Å². The third-order valence-corrected chi connectivity index (χ3v) is 6.50. The Morgan fingerprint density at radius 3 is 2.81 bits per heavy atom. The summed E-state index contributed by atoms with van der Waals surface area (Å²) in [6.45, 7) is 0.789. The molecular weight excluding hydrogens is 360 g/mol. The highest BCUT2D eigenvalue weighted by molar-refractivity contribution is 7.09. The number of benzene rings is 1. The Hall–Kier alpha value is -1.69. The topological polar surface area (TPSA) is 34.1 Å². The molecule has 0 amide bonds. The van der Waals surface area contributed by atoms with E-state index in [0.29, 0.717) is 6.10 Å². The van der Waals surface area contributed by atoms with E-state index in [1.807, 2.05) is 6.20 Å². The van der Waals surface area contributed by atoms with E-state index in [-0.39, 0.29) is 6.04 Å². The predicted molar refractivity (Wildman–Crippen MR) is 109 cm³/mol. The third-order valence-electron chi connectivity index (χ3n) is 4.88. The van der Waals surface area contributed by atoms with Gasteiger partial charge >= 0.3 is 0 Å². The number of thiophene rings is 1. The van der Waals surface area contributed by atoms with Gasteiger partial charge in [-0.3, -0.25) is 0 Å². The summed E-state index contributed by atoms with van der Waals surface area (Å²) in [6.07, 6.45) is 8.18. The fourth-order valence-corrected chi connectivity index (χ4v) is 4.88. The molecule has 0 unspecified atom stereocenters. The van der Waals surface area contributed by atoms with Crippen LogP contribution in [-0.4, -0.2) is 11.1 Å². The summed E-state index contributed by atoms with van der Waals surface area (Å²) in [4.78, 5) is 4.54. The van der Waals surface area contributed by atoms with Crippen LogP contribution in [0.15, 0.2) is 52.7 Å². The lowest BCUT2D eigenvalue weighted by atomic mass is 10.1. The van der Waals surface area contributed by atoms with Crippen molar-refractivity contribution < 1.29 is 4.74 Å². The van der Waals surface area contributed by atoms with Gasteiger partial charge in [0.05, 0.1) is 12.1 Å². The van der Waals surface area contributed by atoms with Crippen LogP contribution < -0.4 is 10.1 Å². The second-order valence-corrected chi connectivity index (χ2v) is 8.48. The van der Waals surface area contributed by atoms with Crippen molar-refractivity contribution in [2.45, 2.75) is 50.8 Å². The summed E-state index contributed by atoms with van der Waals surface area (Å²) < 4.78 is 6.28. The van der Waals surface area contributed by atoms with E-state index in [1.54, 1.807) is 22.7 Å². The molecule has 0 radical (unpaired) electrons. The molecule has 0 aliphatic heterocycles. The monoisotopic (exact) mass is 384 g/mol. The van der Waals surface area contributed by atoms with Crippen LogP contribution in [0.2, 0.25) is 0 Å². The van der Waals surface area contributed by atoms with Crippen LogP contribution in [0, 0.1) is 0 Å². The highest BCUT2D eigenvalue weighted by Crippen LogP contribution is 2.28. The molecule has 136 valence electrons. The fourth-order valence-electron chi connectivity index (χ4n) is 3.48. The molecule has 4 rings (SSSR count). The number of rotatable bonds is 8. The van der Waals surface area contributed by atoms with Crippen molar-refractivity contribution in [3.8, 4) is 5.75 Å². The molecule has 0 spiro atoms. The van der Waals surface area contributed by atoms with Crippen molar-refractivity contribution in [1.82, 2.24) is 10.3 Å². The highest BCUT2D eigenvalue weighted by atomic mass is 32.1. The van der Waals surface area contributed by atoms with Gasteiger partial charge < -0.3 is 10.1 Å². The lowest BCUT2D eigenvalue weighted by Crippen LogP contribution is -2.23. The lowest BCUT2D eigenvalue weighted by Gasteiger charge is -2.20. The van der Waals surface area contributed by atoms with Crippen molar-refractivity contribution in [2.75, 3.05) is 0 Å². The SMILES string of the molecule is c1ccc(OC2CCCC2)c(CN[C@@H](Cc2ccsc2)c2nccs2)c1. The Morgan fingerprint density at radius 2 is 2.04 bits per heavy atom. The first-order chi connectivity index (χ1) is 12.9. The van der Waals surface area contributed by atoms with Gasteiger partial charge in [0.1, 0.15) is 10.8 Å². The van der Waals surface area contributed by atoms with E-state index in [4.69, 9.17) is 4.74 Å². The Bertz CT molecular complexity index is 780.